The number of urea groups is 1. The van der Waals surface area contributed by atoms with Gasteiger partial charge in [0.25, 0.3) is 5.91 Å². The van der Waals surface area contributed by atoms with Crippen molar-refractivity contribution < 1.29 is 28.2 Å². The van der Waals surface area contributed by atoms with Gasteiger partial charge in [0.05, 0.1) is 12.7 Å². The van der Waals surface area contributed by atoms with Crippen molar-refractivity contribution in [2.24, 2.45) is 0 Å². The zero-order valence-electron chi connectivity index (χ0n) is 14.2. The van der Waals surface area contributed by atoms with Gasteiger partial charge in [0.15, 0.2) is 17.7 Å². The molecular formula is C16H21FN2O5. The van der Waals surface area contributed by atoms with E-state index in [1.54, 1.807) is 20.8 Å². The third kappa shape index (κ3) is 5.86. The molecule has 0 spiro atoms. The largest absolute Gasteiger partial charge is 0.494 e. The molecule has 1 atom stereocenters. The molecule has 1 aromatic carbocycles. The lowest BCUT2D eigenvalue weighted by molar-refractivity contribution is -0.127. The maximum absolute atomic E-state index is 13.6. The third-order valence-electron chi connectivity index (χ3n) is 2.77. The normalized spacial score (nSPS) is 12.1. The van der Waals surface area contributed by atoms with Crippen LogP contribution in [0.4, 0.5) is 9.18 Å². The molecule has 8 heteroatoms. The van der Waals surface area contributed by atoms with Crippen molar-refractivity contribution in [1.82, 2.24) is 10.6 Å². The van der Waals surface area contributed by atoms with E-state index in [0.717, 1.165) is 6.07 Å². The summed E-state index contributed by atoms with van der Waals surface area (Å²) in [5.74, 6) is -2.43. The molecular weight excluding hydrogens is 319 g/mol. The van der Waals surface area contributed by atoms with Crippen molar-refractivity contribution in [2.75, 3.05) is 7.11 Å². The fourth-order valence-electron chi connectivity index (χ4n) is 1.66. The van der Waals surface area contributed by atoms with Gasteiger partial charge in [-0.25, -0.2) is 14.0 Å². The summed E-state index contributed by atoms with van der Waals surface area (Å²) in [7, 11) is 1.30. The zero-order chi connectivity index (χ0) is 18.5. The lowest BCUT2D eigenvalue weighted by Gasteiger charge is -2.21. The van der Waals surface area contributed by atoms with E-state index in [1.807, 2.05) is 0 Å². The molecule has 0 saturated carbocycles. The predicted octanol–water partition coefficient (Wildman–Crippen LogP) is 2.00. The second-order valence-electron chi connectivity index (χ2n) is 6.09. The van der Waals surface area contributed by atoms with E-state index < -0.39 is 35.4 Å². The van der Waals surface area contributed by atoms with Crippen molar-refractivity contribution >= 4 is 17.9 Å². The van der Waals surface area contributed by atoms with Gasteiger partial charge in [-0.1, -0.05) is 0 Å². The maximum atomic E-state index is 13.6. The summed E-state index contributed by atoms with van der Waals surface area (Å²) in [4.78, 5) is 35.3. The lowest BCUT2D eigenvalue weighted by Crippen LogP contribution is -2.50. The molecule has 0 radical (unpaired) electrons. The molecule has 0 fully saturated rings. The number of imide groups is 1. The van der Waals surface area contributed by atoms with Gasteiger partial charge < -0.3 is 14.8 Å². The Balaban J connectivity index is 2.64. The average Bonchev–Trinajstić information content (AvgIpc) is 2.44. The van der Waals surface area contributed by atoms with Crippen molar-refractivity contribution in [3.8, 4) is 5.75 Å². The molecule has 132 valence electrons. The molecule has 0 aliphatic rings. The van der Waals surface area contributed by atoms with Crippen LogP contribution < -0.4 is 15.4 Å². The zero-order valence-corrected chi connectivity index (χ0v) is 14.2. The first-order chi connectivity index (χ1) is 11.0. The quantitative estimate of drug-likeness (QED) is 0.818. The average molecular weight is 340 g/mol. The highest BCUT2D eigenvalue weighted by atomic mass is 19.1. The van der Waals surface area contributed by atoms with Crippen LogP contribution in [0.1, 0.15) is 38.1 Å². The van der Waals surface area contributed by atoms with Gasteiger partial charge in [-0.3, -0.25) is 10.1 Å². The molecule has 0 unspecified atom stereocenters. The predicted molar refractivity (Wildman–Crippen MR) is 84.3 cm³/mol. The molecule has 0 aliphatic heterocycles. The number of carbonyl (C=O) groups excluding carboxylic acids is 3. The molecule has 3 amide bonds. The molecule has 7 nitrogen and oxygen atoms in total. The second kappa shape index (κ2) is 7.76. The fraction of sp³-hybridized carbons (Fsp3) is 0.438. The number of hydrogen-bond acceptors (Lipinski definition) is 5. The molecule has 1 aromatic rings. The number of ether oxygens (including phenoxy) is 2. The summed E-state index contributed by atoms with van der Waals surface area (Å²) in [6.07, 6.45) is -1.23. The molecule has 0 heterocycles. The molecule has 0 aliphatic carbocycles. The highest BCUT2D eigenvalue weighted by molar-refractivity contribution is 5.98. The molecule has 0 aromatic heterocycles. The Labute approximate surface area is 139 Å². The Kier molecular flexibility index (Phi) is 6.27. The van der Waals surface area contributed by atoms with Gasteiger partial charge in [0.1, 0.15) is 0 Å². The number of amides is 3. The topological polar surface area (TPSA) is 93.7 Å². The van der Waals surface area contributed by atoms with Crippen molar-refractivity contribution in [3.05, 3.63) is 29.6 Å². The van der Waals surface area contributed by atoms with E-state index in [-0.39, 0.29) is 11.3 Å². The number of nitrogens with one attached hydrogen (secondary N) is 2. The van der Waals surface area contributed by atoms with Gasteiger partial charge in [0.2, 0.25) is 0 Å². The Morgan fingerprint density at radius 3 is 2.33 bits per heavy atom. The van der Waals surface area contributed by atoms with E-state index in [9.17, 15) is 18.8 Å². The van der Waals surface area contributed by atoms with Crippen LogP contribution in [-0.2, 0) is 9.53 Å². The number of esters is 1. The van der Waals surface area contributed by atoms with E-state index in [0.29, 0.717) is 0 Å². The Morgan fingerprint density at radius 1 is 1.21 bits per heavy atom. The van der Waals surface area contributed by atoms with Crippen molar-refractivity contribution in [1.29, 1.82) is 0 Å². The Bertz CT molecular complexity index is 640. The molecule has 1 rings (SSSR count). The minimum absolute atomic E-state index is 0.0174. The van der Waals surface area contributed by atoms with Crippen LogP contribution in [0.5, 0.6) is 5.75 Å². The SMILES string of the molecule is COc1ccc(C(=O)O[C@H](C)C(=O)NC(=O)NC(C)(C)C)cc1F. The fourth-order valence-corrected chi connectivity index (χ4v) is 1.66. The third-order valence-corrected chi connectivity index (χ3v) is 2.77. The minimum atomic E-state index is -1.23. The van der Waals surface area contributed by atoms with Crippen LogP contribution in [-0.4, -0.2) is 36.7 Å². The first-order valence-electron chi connectivity index (χ1n) is 7.21. The van der Waals surface area contributed by atoms with E-state index in [1.165, 1.54) is 26.2 Å². The molecule has 24 heavy (non-hydrogen) atoms. The number of carbonyl (C=O) groups is 3. The number of halogens is 1. The highest BCUT2D eigenvalue weighted by Crippen LogP contribution is 2.18. The van der Waals surface area contributed by atoms with Gasteiger partial charge in [-0.15, -0.1) is 0 Å². The van der Waals surface area contributed by atoms with Crippen molar-refractivity contribution in [2.45, 2.75) is 39.3 Å². The number of rotatable bonds is 4. The summed E-state index contributed by atoms with van der Waals surface area (Å²) in [5.41, 5.74) is -0.600. The van der Waals surface area contributed by atoms with E-state index in [2.05, 4.69) is 10.6 Å². The smallest absolute Gasteiger partial charge is 0.339 e. The van der Waals surface area contributed by atoms with Crippen LogP contribution in [0, 0.1) is 5.82 Å². The van der Waals surface area contributed by atoms with Gasteiger partial charge >= 0.3 is 12.0 Å². The number of hydrogen-bond donors (Lipinski definition) is 2. The monoisotopic (exact) mass is 340 g/mol. The molecule has 0 bridgehead atoms. The van der Waals surface area contributed by atoms with Gasteiger partial charge in [0, 0.05) is 5.54 Å². The standard InChI is InChI=1S/C16H21FN2O5/c1-9(13(20)18-15(22)19-16(2,3)4)24-14(21)10-6-7-12(23-5)11(17)8-10/h6-9H,1-5H3,(H2,18,19,20,22)/t9-/m1/s1. The second-order valence-corrected chi connectivity index (χ2v) is 6.09. The Hall–Kier alpha value is -2.64. The van der Waals surface area contributed by atoms with Crippen LogP contribution in [0.2, 0.25) is 0 Å². The van der Waals surface area contributed by atoms with E-state index in [4.69, 9.17) is 9.47 Å². The summed E-state index contributed by atoms with van der Waals surface area (Å²) in [6, 6.07) is 2.82. The minimum Gasteiger partial charge on any atom is -0.494 e. The highest BCUT2D eigenvalue weighted by Gasteiger charge is 2.23. The van der Waals surface area contributed by atoms with E-state index >= 15 is 0 Å². The summed E-state index contributed by atoms with van der Waals surface area (Å²) in [6.45, 7) is 6.55. The number of benzene rings is 1. The first-order valence-corrected chi connectivity index (χ1v) is 7.21. The van der Waals surface area contributed by atoms with Gasteiger partial charge in [-0.2, -0.15) is 0 Å². The Morgan fingerprint density at radius 2 is 1.83 bits per heavy atom. The van der Waals surface area contributed by atoms with Crippen LogP contribution in [0.3, 0.4) is 0 Å². The maximum Gasteiger partial charge on any atom is 0.339 e. The lowest BCUT2D eigenvalue weighted by atomic mass is 10.1. The molecule has 2 N–H and O–H groups in total. The van der Waals surface area contributed by atoms with Gasteiger partial charge in [-0.05, 0) is 45.9 Å². The first kappa shape index (κ1) is 19.4. The van der Waals surface area contributed by atoms with Crippen LogP contribution in [0.15, 0.2) is 18.2 Å². The summed E-state index contributed by atoms with van der Waals surface area (Å²) >= 11 is 0. The van der Waals surface area contributed by atoms with Crippen LogP contribution in [0.25, 0.3) is 0 Å². The summed E-state index contributed by atoms with van der Waals surface area (Å²) < 4.78 is 23.2. The summed E-state index contributed by atoms with van der Waals surface area (Å²) in [5, 5.41) is 4.60. The van der Waals surface area contributed by atoms with Crippen molar-refractivity contribution in [3.63, 3.8) is 0 Å². The van der Waals surface area contributed by atoms with Crippen LogP contribution >= 0.6 is 0 Å². The number of methoxy groups -OCH3 is 1. The molecule has 0 saturated heterocycles.